The molecule has 4 unspecified atom stereocenters. The van der Waals surface area contributed by atoms with Crippen LogP contribution in [0.5, 0.6) is 0 Å². The van der Waals surface area contributed by atoms with Gasteiger partial charge in [-0.15, -0.1) is 21.8 Å². The maximum absolute atomic E-state index is 12.9. The summed E-state index contributed by atoms with van der Waals surface area (Å²) in [6, 6.07) is 3.27. The first-order chi connectivity index (χ1) is 14.0. The smallest absolute Gasteiger partial charge is 0.312 e. The lowest BCUT2D eigenvalue weighted by Gasteiger charge is -2.46. The van der Waals surface area contributed by atoms with Crippen LogP contribution in [0.15, 0.2) is 30.9 Å². The van der Waals surface area contributed by atoms with Crippen LogP contribution in [-0.4, -0.2) is 67.8 Å². The molecule has 0 spiro atoms. The molecule has 1 saturated heterocycles. The number of esters is 1. The second kappa shape index (κ2) is 9.32. The first kappa shape index (κ1) is 21.2. The summed E-state index contributed by atoms with van der Waals surface area (Å²) in [7, 11) is 1.34. The number of rotatable bonds is 6. The van der Waals surface area contributed by atoms with Gasteiger partial charge in [-0.05, 0) is 31.9 Å². The summed E-state index contributed by atoms with van der Waals surface area (Å²) in [4.78, 5) is 31.2. The highest BCUT2D eigenvalue weighted by molar-refractivity contribution is 6.21. The fourth-order valence-electron chi connectivity index (χ4n) is 3.61. The third-order valence-corrected chi connectivity index (χ3v) is 5.72. The topological polar surface area (TPSA) is 102 Å². The Bertz CT molecular complexity index is 829. The van der Waals surface area contributed by atoms with E-state index >= 15 is 0 Å². The van der Waals surface area contributed by atoms with Crippen molar-refractivity contribution >= 4 is 23.5 Å². The highest BCUT2D eigenvalue weighted by Crippen LogP contribution is 2.31. The Morgan fingerprint density at radius 3 is 2.72 bits per heavy atom. The molecule has 1 fully saturated rings. The van der Waals surface area contributed by atoms with Crippen LogP contribution >= 0.6 is 11.6 Å². The number of halogens is 1. The van der Waals surface area contributed by atoms with E-state index in [1.165, 1.54) is 7.11 Å². The largest absolute Gasteiger partial charge is 0.469 e. The molecule has 0 aromatic carbocycles. The van der Waals surface area contributed by atoms with Gasteiger partial charge in [0, 0.05) is 30.4 Å². The van der Waals surface area contributed by atoms with Gasteiger partial charge in [0.15, 0.2) is 11.5 Å². The van der Waals surface area contributed by atoms with Gasteiger partial charge in [-0.3, -0.25) is 19.1 Å². The molecule has 2 aromatic heterocycles. The lowest BCUT2D eigenvalue weighted by atomic mass is 9.89. The molecule has 2 aromatic rings. The van der Waals surface area contributed by atoms with Crippen molar-refractivity contribution in [3.63, 3.8) is 0 Å². The van der Waals surface area contributed by atoms with Crippen molar-refractivity contribution in [1.82, 2.24) is 30.0 Å². The number of piperidine rings is 1. The minimum Gasteiger partial charge on any atom is -0.469 e. The molecule has 10 heteroatoms. The van der Waals surface area contributed by atoms with E-state index in [4.69, 9.17) is 16.3 Å². The van der Waals surface area contributed by atoms with E-state index < -0.39 is 24.0 Å². The number of amides is 1. The maximum atomic E-state index is 12.9. The minimum atomic E-state index is -0.563. The zero-order valence-electron chi connectivity index (χ0n) is 16.7. The van der Waals surface area contributed by atoms with Crippen molar-refractivity contribution in [2.75, 3.05) is 13.7 Å². The number of aromatic nitrogens is 4. The number of nitrogens with zero attached hydrogens (tertiary/aromatic N) is 5. The summed E-state index contributed by atoms with van der Waals surface area (Å²) in [5.74, 6) is -0.812. The molecule has 0 aliphatic carbocycles. The molecule has 4 atom stereocenters. The van der Waals surface area contributed by atoms with Gasteiger partial charge in [0.05, 0.1) is 19.2 Å². The maximum Gasteiger partial charge on any atom is 0.312 e. The molecule has 0 saturated carbocycles. The van der Waals surface area contributed by atoms with Crippen molar-refractivity contribution in [1.29, 1.82) is 0 Å². The van der Waals surface area contributed by atoms with Crippen LogP contribution in [0.2, 0.25) is 0 Å². The summed E-state index contributed by atoms with van der Waals surface area (Å²) in [5, 5.41) is 10.8. The molecule has 3 rings (SSSR count). The number of ether oxygens (including phenoxy) is 1. The van der Waals surface area contributed by atoms with E-state index in [-0.39, 0.29) is 17.1 Å². The van der Waals surface area contributed by atoms with Gasteiger partial charge < -0.3 is 10.1 Å². The van der Waals surface area contributed by atoms with Crippen molar-refractivity contribution in [3.05, 3.63) is 36.5 Å². The molecule has 0 radical (unpaired) electrons. The Morgan fingerprint density at radius 1 is 1.34 bits per heavy atom. The Kier molecular flexibility index (Phi) is 6.81. The average Bonchev–Trinajstić information content (AvgIpc) is 3.27. The number of imidazole rings is 1. The molecule has 29 heavy (non-hydrogen) atoms. The Morgan fingerprint density at radius 2 is 2.14 bits per heavy atom. The summed E-state index contributed by atoms with van der Waals surface area (Å²) in [6.45, 7) is 4.73. The van der Waals surface area contributed by atoms with Crippen LogP contribution in [0.4, 0.5) is 0 Å². The van der Waals surface area contributed by atoms with Crippen molar-refractivity contribution in [3.8, 4) is 5.82 Å². The van der Waals surface area contributed by atoms with Gasteiger partial charge in [-0.2, -0.15) is 0 Å². The van der Waals surface area contributed by atoms with E-state index in [1.54, 1.807) is 35.4 Å². The standard InChI is InChI=1S/C19H25ClN6O3/c1-4-8-26-12(2)14(20)10-13(19(28)29-3)17(26)22-18(27)15-5-6-16(24-23-15)25-9-7-21-11-25/h5-7,9,11-14,17H,4,8,10H2,1-3H3,(H,22,27). The molecule has 1 amide bonds. The number of nitrogens with one attached hydrogen (secondary N) is 1. The molecular formula is C19H25ClN6O3. The number of likely N-dealkylation sites (tertiary alicyclic amines) is 1. The average molecular weight is 421 g/mol. The van der Waals surface area contributed by atoms with Gasteiger partial charge in [0.2, 0.25) is 0 Å². The first-order valence-corrected chi connectivity index (χ1v) is 10.0. The van der Waals surface area contributed by atoms with Crippen molar-refractivity contribution in [2.45, 2.75) is 44.3 Å². The summed E-state index contributed by atoms with van der Waals surface area (Å²) in [5.41, 5.74) is 0.162. The predicted molar refractivity (Wildman–Crippen MR) is 107 cm³/mol. The number of carbonyl (C=O) groups is 2. The molecular weight excluding hydrogens is 396 g/mol. The third kappa shape index (κ3) is 4.56. The number of alkyl halides is 1. The monoisotopic (exact) mass is 420 g/mol. The second-order valence-corrected chi connectivity index (χ2v) is 7.59. The Hall–Kier alpha value is -2.52. The van der Waals surface area contributed by atoms with E-state index in [0.29, 0.717) is 18.8 Å². The number of hydrogen-bond donors (Lipinski definition) is 1. The minimum absolute atomic E-state index is 0.00229. The highest BCUT2D eigenvalue weighted by Gasteiger charge is 2.44. The van der Waals surface area contributed by atoms with E-state index in [2.05, 4.69) is 20.5 Å². The van der Waals surface area contributed by atoms with E-state index in [0.717, 1.165) is 6.42 Å². The van der Waals surface area contributed by atoms with Crippen LogP contribution in [0.3, 0.4) is 0 Å². The lowest BCUT2D eigenvalue weighted by molar-refractivity contribution is -0.151. The van der Waals surface area contributed by atoms with Crippen LogP contribution in [0.25, 0.3) is 5.82 Å². The summed E-state index contributed by atoms with van der Waals surface area (Å²) >= 11 is 6.49. The van der Waals surface area contributed by atoms with Crippen molar-refractivity contribution < 1.29 is 14.3 Å². The molecule has 3 heterocycles. The third-order valence-electron chi connectivity index (χ3n) is 5.18. The summed E-state index contributed by atoms with van der Waals surface area (Å²) in [6.07, 6.45) is 5.71. The predicted octanol–water partition coefficient (Wildman–Crippen LogP) is 1.62. The Balaban J connectivity index is 1.81. The van der Waals surface area contributed by atoms with Crippen LogP contribution in [0, 0.1) is 5.92 Å². The zero-order chi connectivity index (χ0) is 21.0. The quantitative estimate of drug-likeness (QED) is 0.559. The molecule has 1 aliphatic rings. The molecule has 9 nitrogen and oxygen atoms in total. The number of carbonyl (C=O) groups excluding carboxylic acids is 2. The van der Waals surface area contributed by atoms with Gasteiger partial charge in [-0.1, -0.05) is 6.92 Å². The fourth-order valence-corrected chi connectivity index (χ4v) is 3.95. The molecule has 1 aliphatic heterocycles. The van der Waals surface area contributed by atoms with E-state index in [9.17, 15) is 9.59 Å². The lowest BCUT2D eigenvalue weighted by Crippen LogP contribution is -2.63. The molecule has 0 bridgehead atoms. The van der Waals surface area contributed by atoms with Crippen molar-refractivity contribution in [2.24, 2.45) is 5.92 Å². The van der Waals surface area contributed by atoms with Gasteiger partial charge in [0.1, 0.15) is 6.33 Å². The van der Waals surface area contributed by atoms with Gasteiger partial charge >= 0.3 is 5.97 Å². The first-order valence-electron chi connectivity index (χ1n) is 9.56. The van der Waals surface area contributed by atoms with Crippen LogP contribution in [-0.2, 0) is 9.53 Å². The highest BCUT2D eigenvalue weighted by atomic mass is 35.5. The molecule has 1 N–H and O–H groups in total. The summed E-state index contributed by atoms with van der Waals surface area (Å²) < 4.78 is 6.65. The van der Waals surface area contributed by atoms with Crippen LogP contribution in [0.1, 0.15) is 37.2 Å². The Labute approximate surface area is 174 Å². The number of hydrogen-bond acceptors (Lipinski definition) is 7. The number of methoxy groups -OCH3 is 1. The van der Waals surface area contributed by atoms with Gasteiger partial charge in [0.25, 0.3) is 5.91 Å². The second-order valence-electron chi connectivity index (χ2n) is 7.02. The normalized spacial score (nSPS) is 24.8. The fraction of sp³-hybridized carbons (Fsp3) is 0.526. The molecule has 156 valence electrons. The SMILES string of the molecule is CCCN1C(C)C(Cl)CC(C(=O)OC)C1NC(=O)c1ccc(-n2ccnc2)nn1. The zero-order valence-corrected chi connectivity index (χ0v) is 17.4. The van der Waals surface area contributed by atoms with E-state index in [1.807, 2.05) is 18.7 Å². The van der Waals surface area contributed by atoms with Gasteiger partial charge in [-0.25, -0.2) is 4.98 Å². The van der Waals surface area contributed by atoms with Crippen LogP contribution < -0.4 is 5.32 Å².